The first-order valence-corrected chi connectivity index (χ1v) is 11.9. The van der Waals surface area contributed by atoms with Gasteiger partial charge < -0.3 is 19.4 Å². The fourth-order valence-corrected chi connectivity index (χ4v) is 4.45. The van der Waals surface area contributed by atoms with E-state index in [-0.39, 0.29) is 11.7 Å². The van der Waals surface area contributed by atoms with Gasteiger partial charge in [0, 0.05) is 17.5 Å². The van der Waals surface area contributed by atoms with Crippen LogP contribution < -0.4 is 14.8 Å². The van der Waals surface area contributed by atoms with Crippen molar-refractivity contribution in [3.63, 3.8) is 0 Å². The lowest BCUT2D eigenvalue weighted by Gasteiger charge is -2.12. The first kappa shape index (κ1) is 23.7. The summed E-state index contributed by atoms with van der Waals surface area (Å²) in [7, 11) is 3.13. The zero-order valence-corrected chi connectivity index (χ0v) is 20.0. The maximum absolute atomic E-state index is 12.5. The molecule has 7 nitrogen and oxygen atoms in total. The molecule has 0 bridgehead atoms. The lowest BCUT2D eigenvalue weighted by atomic mass is 10.2. The third-order valence-electron chi connectivity index (χ3n) is 4.51. The molecule has 0 atom stereocenters. The number of hydrogen-bond donors (Lipinski definition) is 1. The summed E-state index contributed by atoms with van der Waals surface area (Å²) in [4.78, 5) is 13.7. The second kappa shape index (κ2) is 11.6. The van der Waals surface area contributed by atoms with Crippen LogP contribution in [0, 0.1) is 6.92 Å². The number of ether oxygens (including phenoxy) is 2. The topological polar surface area (TPSA) is 78.3 Å². The zero-order chi connectivity index (χ0) is 22.9. The number of amides is 1. The summed E-state index contributed by atoms with van der Waals surface area (Å²) in [5.41, 5.74) is 1.81. The van der Waals surface area contributed by atoms with Gasteiger partial charge >= 0.3 is 0 Å². The molecular weight excluding hydrogens is 444 g/mol. The molecular formula is C23H26N4O3S2. The van der Waals surface area contributed by atoms with Crippen LogP contribution in [0.2, 0.25) is 0 Å². The number of nitrogens with zero attached hydrogens (tertiary/aromatic N) is 3. The van der Waals surface area contributed by atoms with Crippen LogP contribution in [0.4, 0.5) is 5.69 Å². The highest BCUT2D eigenvalue weighted by Gasteiger charge is 2.15. The molecule has 0 fully saturated rings. The van der Waals surface area contributed by atoms with Gasteiger partial charge in [-0.2, -0.15) is 0 Å². The maximum atomic E-state index is 12.5. The molecule has 32 heavy (non-hydrogen) atoms. The van der Waals surface area contributed by atoms with Crippen molar-refractivity contribution >= 4 is 35.1 Å². The van der Waals surface area contributed by atoms with Crippen molar-refractivity contribution in [2.24, 2.45) is 0 Å². The molecule has 3 rings (SSSR count). The van der Waals surface area contributed by atoms with Crippen molar-refractivity contribution in [3.05, 3.63) is 66.5 Å². The molecule has 1 aromatic heterocycles. The van der Waals surface area contributed by atoms with Crippen molar-refractivity contribution in [2.75, 3.05) is 25.3 Å². The number of allylic oxidation sites excluding steroid dienone is 1. The van der Waals surface area contributed by atoms with E-state index in [0.29, 0.717) is 34.6 Å². The summed E-state index contributed by atoms with van der Waals surface area (Å²) >= 11 is 3.03. The van der Waals surface area contributed by atoms with Crippen LogP contribution in [0.3, 0.4) is 0 Å². The normalized spacial score (nSPS) is 10.6. The van der Waals surface area contributed by atoms with Crippen LogP contribution in [0.1, 0.15) is 11.4 Å². The van der Waals surface area contributed by atoms with Crippen molar-refractivity contribution in [2.45, 2.75) is 29.3 Å². The van der Waals surface area contributed by atoms with E-state index in [1.54, 1.807) is 50.3 Å². The SMILES string of the molecule is C=CCn1c(CSc2ccc(C)cc2)nnc1SCC(=O)Nc1ccc(OC)cc1OC. The summed E-state index contributed by atoms with van der Waals surface area (Å²) in [5.74, 6) is 2.74. The van der Waals surface area contributed by atoms with E-state index in [2.05, 4.69) is 53.3 Å². The number of carbonyl (C=O) groups is 1. The highest BCUT2D eigenvalue weighted by Crippen LogP contribution is 2.30. The minimum Gasteiger partial charge on any atom is -0.497 e. The predicted molar refractivity (Wildman–Crippen MR) is 130 cm³/mol. The second-order valence-corrected chi connectivity index (χ2v) is 8.79. The Morgan fingerprint density at radius 2 is 1.91 bits per heavy atom. The number of hydrogen-bond acceptors (Lipinski definition) is 7. The van der Waals surface area contributed by atoms with Crippen LogP contribution in [0.5, 0.6) is 11.5 Å². The van der Waals surface area contributed by atoms with Crippen molar-refractivity contribution in [1.82, 2.24) is 14.8 Å². The van der Waals surface area contributed by atoms with E-state index in [1.807, 2.05) is 4.57 Å². The molecule has 1 N–H and O–H groups in total. The van der Waals surface area contributed by atoms with E-state index >= 15 is 0 Å². The smallest absolute Gasteiger partial charge is 0.234 e. The van der Waals surface area contributed by atoms with E-state index < -0.39 is 0 Å². The monoisotopic (exact) mass is 470 g/mol. The van der Waals surface area contributed by atoms with Gasteiger partial charge in [0.25, 0.3) is 0 Å². The van der Waals surface area contributed by atoms with Gasteiger partial charge in [0.2, 0.25) is 5.91 Å². The van der Waals surface area contributed by atoms with Gasteiger partial charge in [-0.05, 0) is 31.2 Å². The molecule has 9 heteroatoms. The maximum Gasteiger partial charge on any atom is 0.234 e. The van der Waals surface area contributed by atoms with Gasteiger partial charge in [-0.25, -0.2) is 0 Å². The standard InChI is InChI=1S/C23H26N4O3S2/c1-5-12-27-21(14-31-18-9-6-16(2)7-10-18)25-26-23(27)32-15-22(28)24-19-11-8-17(29-3)13-20(19)30-4/h5-11,13H,1,12,14-15H2,2-4H3,(H,24,28). The van der Waals surface area contributed by atoms with Crippen LogP contribution in [-0.2, 0) is 17.1 Å². The Morgan fingerprint density at radius 1 is 1.12 bits per heavy atom. The second-order valence-electron chi connectivity index (χ2n) is 6.80. The number of thioether (sulfide) groups is 2. The number of aryl methyl sites for hydroxylation is 1. The summed E-state index contributed by atoms with van der Waals surface area (Å²) in [6.07, 6.45) is 1.80. The van der Waals surface area contributed by atoms with E-state index in [0.717, 1.165) is 5.82 Å². The Hall–Kier alpha value is -2.91. The number of rotatable bonds is 11. The lowest BCUT2D eigenvalue weighted by Crippen LogP contribution is -2.15. The molecule has 0 saturated carbocycles. The van der Waals surface area contributed by atoms with E-state index in [1.165, 1.54) is 22.2 Å². The minimum atomic E-state index is -0.165. The number of carbonyl (C=O) groups excluding carboxylic acids is 1. The molecule has 168 valence electrons. The summed E-state index contributed by atoms with van der Waals surface area (Å²) in [6.45, 7) is 6.48. The highest BCUT2D eigenvalue weighted by atomic mass is 32.2. The summed E-state index contributed by atoms with van der Waals surface area (Å²) < 4.78 is 12.5. The molecule has 0 aliphatic rings. The Morgan fingerprint density at radius 3 is 2.59 bits per heavy atom. The fraction of sp³-hybridized carbons (Fsp3) is 0.261. The Kier molecular flexibility index (Phi) is 8.64. The molecule has 0 aliphatic carbocycles. The Labute approximate surface area is 196 Å². The Bertz CT molecular complexity index is 1070. The molecule has 2 aromatic carbocycles. The molecule has 3 aromatic rings. The average molecular weight is 471 g/mol. The van der Waals surface area contributed by atoms with Crippen LogP contribution in [0.25, 0.3) is 0 Å². The molecule has 0 unspecified atom stereocenters. The molecule has 0 aliphatic heterocycles. The van der Waals surface area contributed by atoms with Crippen molar-refractivity contribution in [1.29, 1.82) is 0 Å². The summed E-state index contributed by atoms with van der Waals surface area (Å²) in [5, 5.41) is 12.2. The quantitative estimate of drug-likeness (QED) is 0.318. The third kappa shape index (κ3) is 6.30. The van der Waals surface area contributed by atoms with Gasteiger partial charge in [0.05, 0.1) is 31.4 Å². The number of anilines is 1. The summed E-state index contributed by atoms with van der Waals surface area (Å²) in [6, 6.07) is 13.6. The van der Waals surface area contributed by atoms with Gasteiger partial charge in [0.1, 0.15) is 17.3 Å². The molecule has 1 heterocycles. The van der Waals surface area contributed by atoms with Gasteiger partial charge in [-0.3, -0.25) is 4.79 Å². The molecule has 0 spiro atoms. The zero-order valence-electron chi connectivity index (χ0n) is 18.3. The van der Waals surface area contributed by atoms with Crippen LogP contribution >= 0.6 is 23.5 Å². The van der Waals surface area contributed by atoms with E-state index in [4.69, 9.17) is 9.47 Å². The largest absolute Gasteiger partial charge is 0.497 e. The van der Waals surface area contributed by atoms with Crippen LogP contribution in [-0.4, -0.2) is 40.6 Å². The first-order chi connectivity index (χ1) is 15.5. The van der Waals surface area contributed by atoms with E-state index in [9.17, 15) is 4.79 Å². The predicted octanol–water partition coefficient (Wildman–Crippen LogP) is 4.81. The van der Waals surface area contributed by atoms with Crippen molar-refractivity contribution < 1.29 is 14.3 Å². The number of methoxy groups -OCH3 is 2. The van der Waals surface area contributed by atoms with Crippen molar-refractivity contribution in [3.8, 4) is 11.5 Å². The van der Waals surface area contributed by atoms with Gasteiger partial charge in [-0.15, -0.1) is 28.5 Å². The number of nitrogens with one attached hydrogen (secondary N) is 1. The molecule has 0 radical (unpaired) electrons. The first-order valence-electron chi connectivity index (χ1n) is 9.91. The lowest BCUT2D eigenvalue weighted by molar-refractivity contribution is -0.113. The molecule has 0 saturated heterocycles. The molecule has 1 amide bonds. The third-order valence-corrected chi connectivity index (χ3v) is 6.48. The van der Waals surface area contributed by atoms with Gasteiger partial charge in [-0.1, -0.05) is 35.5 Å². The van der Waals surface area contributed by atoms with Crippen LogP contribution in [0.15, 0.2) is 65.2 Å². The Balaban J connectivity index is 1.62. The highest BCUT2D eigenvalue weighted by molar-refractivity contribution is 7.99. The minimum absolute atomic E-state index is 0.165. The van der Waals surface area contributed by atoms with Gasteiger partial charge in [0.15, 0.2) is 5.16 Å². The fourth-order valence-electron chi connectivity index (χ4n) is 2.85. The number of benzene rings is 2. The number of aromatic nitrogens is 3. The average Bonchev–Trinajstić information content (AvgIpc) is 3.19.